The number of nitrogens with one attached hydrogen (secondary N) is 2. The number of benzene rings is 3. The standard InChI is InChI=1S/C23H20N4O3/c1-29-21-13-18(9-12-20(21)30-14-16-5-3-2-4-6-16)23(28)26-19-10-7-17(8-11-19)22-24-15-25-27-22/h2-13,15H,14H2,1H3,(H,26,28)(H,24,25,27). The number of aromatic nitrogens is 3. The molecule has 4 aromatic rings. The molecule has 0 spiro atoms. The Hall–Kier alpha value is -4.13. The Morgan fingerprint density at radius 1 is 1.00 bits per heavy atom. The molecule has 0 saturated carbocycles. The number of anilines is 1. The number of nitrogens with zero attached hydrogens (tertiary/aromatic N) is 2. The molecule has 0 bridgehead atoms. The van der Waals surface area contributed by atoms with Gasteiger partial charge in [-0.15, -0.1) is 0 Å². The second-order valence-corrected chi connectivity index (χ2v) is 6.51. The van der Waals surface area contributed by atoms with Crippen molar-refractivity contribution in [2.24, 2.45) is 0 Å². The van der Waals surface area contributed by atoms with Gasteiger partial charge in [0, 0.05) is 16.8 Å². The SMILES string of the molecule is COc1cc(C(=O)Nc2ccc(-c3ncn[nH]3)cc2)ccc1OCc1ccccc1. The number of aromatic amines is 1. The van der Waals surface area contributed by atoms with Crippen molar-refractivity contribution in [2.75, 3.05) is 12.4 Å². The molecule has 150 valence electrons. The molecule has 1 amide bonds. The number of methoxy groups -OCH3 is 1. The molecular formula is C23H20N4O3. The summed E-state index contributed by atoms with van der Waals surface area (Å²) in [6.45, 7) is 0.417. The second-order valence-electron chi connectivity index (χ2n) is 6.51. The lowest BCUT2D eigenvalue weighted by atomic mass is 10.1. The Bertz CT molecular complexity index is 1110. The number of hydrogen-bond acceptors (Lipinski definition) is 5. The van der Waals surface area contributed by atoms with Crippen LogP contribution >= 0.6 is 0 Å². The predicted molar refractivity (Wildman–Crippen MR) is 114 cm³/mol. The molecule has 0 fully saturated rings. The van der Waals surface area contributed by atoms with E-state index in [2.05, 4.69) is 20.5 Å². The van der Waals surface area contributed by atoms with Crippen LogP contribution in [0.15, 0.2) is 79.1 Å². The third-order valence-electron chi connectivity index (χ3n) is 4.49. The normalized spacial score (nSPS) is 10.4. The quantitative estimate of drug-likeness (QED) is 0.482. The van der Waals surface area contributed by atoms with Crippen molar-refractivity contribution in [3.05, 3.63) is 90.3 Å². The fraction of sp³-hybridized carbons (Fsp3) is 0.0870. The summed E-state index contributed by atoms with van der Waals surface area (Å²) in [4.78, 5) is 16.8. The van der Waals surface area contributed by atoms with Crippen molar-refractivity contribution in [2.45, 2.75) is 6.61 Å². The first-order chi connectivity index (χ1) is 14.7. The lowest BCUT2D eigenvalue weighted by molar-refractivity contribution is 0.102. The Labute approximate surface area is 173 Å². The summed E-state index contributed by atoms with van der Waals surface area (Å²) in [6.07, 6.45) is 1.45. The Balaban J connectivity index is 1.43. The van der Waals surface area contributed by atoms with E-state index in [4.69, 9.17) is 9.47 Å². The first-order valence-corrected chi connectivity index (χ1v) is 9.35. The Kier molecular flexibility index (Phi) is 5.70. The van der Waals surface area contributed by atoms with Gasteiger partial charge in [0.2, 0.25) is 0 Å². The molecular weight excluding hydrogens is 380 g/mol. The number of hydrogen-bond donors (Lipinski definition) is 2. The molecule has 3 aromatic carbocycles. The van der Waals surface area contributed by atoms with Gasteiger partial charge in [0.15, 0.2) is 17.3 Å². The summed E-state index contributed by atoms with van der Waals surface area (Å²) < 4.78 is 11.3. The zero-order valence-corrected chi connectivity index (χ0v) is 16.3. The first-order valence-electron chi connectivity index (χ1n) is 9.35. The monoisotopic (exact) mass is 400 g/mol. The van der Waals surface area contributed by atoms with Crippen LogP contribution < -0.4 is 14.8 Å². The number of carbonyl (C=O) groups excluding carboxylic acids is 1. The fourth-order valence-corrected chi connectivity index (χ4v) is 2.92. The molecule has 0 saturated heterocycles. The van der Waals surface area contributed by atoms with Crippen molar-refractivity contribution in [3.63, 3.8) is 0 Å². The summed E-state index contributed by atoms with van der Waals surface area (Å²) in [7, 11) is 1.55. The van der Waals surface area contributed by atoms with Crippen LogP contribution in [0.1, 0.15) is 15.9 Å². The van der Waals surface area contributed by atoms with Crippen LogP contribution in [-0.4, -0.2) is 28.2 Å². The number of H-pyrrole nitrogens is 1. The van der Waals surface area contributed by atoms with Gasteiger partial charge in [-0.25, -0.2) is 4.98 Å². The molecule has 0 unspecified atom stereocenters. The highest BCUT2D eigenvalue weighted by Gasteiger charge is 2.12. The van der Waals surface area contributed by atoms with E-state index in [1.807, 2.05) is 54.6 Å². The molecule has 0 aliphatic rings. The average molecular weight is 400 g/mol. The van der Waals surface area contributed by atoms with Gasteiger partial charge >= 0.3 is 0 Å². The summed E-state index contributed by atoms with van der Waals surface area (Å²) >= 11 is 0. The van der Waals surface area contributed by atoms with E-state index in [0.717, 1.165) is 11.1 Å². The zero-order valence-electron chi connectivity index (χ0n) is 16.3. The van der Waals surface area contributed by atoms with E-state index in [9.17, 15) is 4.79 Å². The van der Waals surface area contributed by atoms with Crippen LogP contribution in [0.3, 0.4) is 0 Å². The lowest BCUT2D eigenvalue weighted by Crippen LogP contribution is -2.12. The van der Waals surface area contributed by atoms with Crippen molar-refractivity contribution in [1.82, 2.24) is 15.2 Å². The summed E-state index contributed by atoms with van der Waals surface area (Å²) in [5, 5.41) is 9.52. The van der Waals surface area contributed by atoms with Gasteiger partial charge in [0.05, 0.1) is 7.11 Å². The molecule has 1 aromatic heterocycles. The summed E-state index contributed by atoms with van der Waals surface area (Å²) in [5.74, 6) is 1.51. The molecule has 1 heterocycles. The number of amides is 1. The maximum absolute atomic E-state index is 12.7. The molecule has 0 aliphatic heterocycles. The number of rotatable bonds is 7. The van der Waals surface area contributed by atoms with E-state index >= 15 is 0 Å². The highest BCUT2D eigenvalue weighted by Crippen LogP contribution is 2.29. The van der Waals surface area contributed by atoms with Gasteiger partial charge in [-0.3, -0.25) is 9.89 Å². The first kappa shape index (κ1) is 19.2. The molecule has 30 heavy (non-hydrogen) atoms. The highest BCUT2D eigenvalue weighted by atomic mass is 16.5. The maximum atomic E-state index is 12.7. The van der Waals surface area contributed by atoms with Crippen LogP contribution in [0.4, 0.5) is 5.69 Å². The van der Waals surface area contributed by atoms with Crippen molar-refractivity contribution < 1.29 is 14.3 Å². The van der Waals surface area contributed by atoms with Gasteiger partial charge in [0.1, 0.15) is 12.9 Å². The smallest absolute Gasteiger partial charge is 0.255 e. The summed E-state index contributed by atoms with van der Waals surface area (Å²) in [6, 6.07) is 22.3. The topological polar surface area (TPSA) is 89.1 Å². The highest BCUT2D eigenvalue weighted by molar-refractivity contribution is 6.04. The van der Waals surface area contributed by atoms with Crippen LogP contribution in [0.25, 0.3) is 11.4 Å². The minimum Gasteiger partial charge on any atom is -0.493 e. The zero-order chi connectivity index (χ0) is 20.8. The molecule has 0 aliphatic carbocycles. The number of ether oxygens (including phenoxy) is 2. The van der Waals surface area contributed by atoms with Crippen LogP contribution in [0.2, 0.25) is 0 Å². The van der Waals surface area contributed by atoms with E-state index in [-0.39, 0.29) is 5.91 Å². The Morgan fingerprint density at radius 2 is 1.80 bits per heavy atom. The predicted octanol–water partition coefficient (Wildman–Crippen LogP) is 4.31. The molecule has 7 nitrogen and oxygen atoms in total. The van der Waals surface area contributed by atoms with E-state index < -0.39 is 0 Å². The largest absolute Gasteiger partial charge is 0.493 e. The van der Waals surface area contributed by atoms with Gasteiger partial charge < -0.3 is 14.8 Å². The molecule has 0 radical (unpaired) electrons. The van der Waals surface area contributed by atoms with Crippen LogP contribution in [-0.2, 0) is 6.61 Å². The van der Waals surface area contributed by atoms with Crippen LogP contribution in [0, 0.1) is 0 Å². The van der Waals surface area contributed by atoms with Gasteiger partial charge in [0.25, 0.3) is 5.91 Å². The van der Waals surface area contributed by atoms with E-state index in [0.29, 0.717) is 35.2 Å². The second kappa shape index (κ2) is 8.91. The molecule has 4 rings (SSSR count). The molecule has 2 N–H and O–H groups in total. The minimum absolute atomic E-state index is 0.240. The average Bonchev–Trinajstić information content (AvgIpc) is 3.34. The number of carbonyl (C=O) groups is 1. The van der Waals surface area contributed by atoms with Gasteiger partial charge in [-0.05, 0) is 48.0 Å². The van der Waals surface area contributed by atoms with Gasteiger partial charge in [-0.2, -0.15) is 5.10 Å². The van der Waals surface area contributed by atoms with E-state index in [1.54, 1.807) is 25.3 Å². The maximum Gasteiger partial charge on any atom is 0.255 e. The van der Waals surface area contributed by atoms with Crippen molar-refractivity contribution in [3.8, 4) is 22.9 Å². The minimum atomic E-state index is -0.240. The molecule has 7 heteroatoms. The molecule has 0 atom stereocenters. The van der Waals surface area contributed by atoms with E-state index in [1.165, 1.54) is 6.33 Å². The summed E-state index contributed by atoms with van der Waals surface area (Å²) in [5.41, 5.74) is 3.08. The third-order valence-corrected chi connectivity index (χ3v) is 4.49. The third kappa shape index (κ3) is 4.47. The lowest BCUT2D eigenvalue weighted by Gasteiger charge is -2.12. The van der Waals surface area contributed by atoms with Crippen LogP contribution in [0.5, 0.6) is 11.5 Å². The fourth-order valence-electron chi connectivity index (χ4n) is 2.92. The van der Waals surface area contributed by atoms with Crippen molar-refractivity contribution >= 4 is 11.6 Å². The Morgan fingerprint density at radius 3 is 2.50 bits per heavy atom. The van der Waals surface area contributed by atoms with Crippen molar-refractivity contribution in [1.29, 1.82) is 0 Å². The van der Waals surface area contributed by atoms with Gasteiger partial charge in [-0.1, -0.05) is 30.3 Å².